The Hall–Kier alpha value is -0.700. The van der Waals surface area contributed by atoms with E-state index < -0.39 is 28.0 Å². The fourth-order valence-electron chi connectivity index (χ4n) is 2.52. The number of ether oxygens (including phenoxy) is 3. The Kier molecular flexibility index (Phi) is 6.28. The molecule has 2 rings (SSSR count). The van der Waals surface area contributed by atoms with Crippen LogP contribution in [-0.2, 0) is 25.6 Å². The number of nitrogens with one attached hydrogen (secondary N) is 1. The summed E-state index contributed by atoms with van der Waals surface area (Å²) in [5, 5.41) is 0. The van der Waals surface area contributed by atoms with Gasteiger partial charge in [0.25, 0.3) is 0 Å². The van der Waals surface area contributed by atoms with Gasteiger partial charge in [-0.05, 0) is 46.8 Å². The molecule has 0 saturated carbocycles. The molecule has 0 aromatic carbocycles. The molecule has 0 aliphatic carbocycles. The average molecular weight is 356 g/mol. The summed E-state index contributed by atoms with van der Waals surface area (Å²) in [7, 11) is 1.62. The number of aromatic nitrogens is 1. The van der Waals surface area contributed by atoms with Gasteiger partial charge in [0.2, 0.25) is 0 Å². The van der Waals surface area contributed by atoms with Crippen molar-refractivity contribution in [2.45, 2.75) is 63.4 Å². The lowest BCUT2D eigenvalue weighted by atomic mass is 10.0. The van der Waals surface area contributed by atoms with E-state index in [2.05, 4.69) is 9.71 Å². The topological polar surface area (TPSA) is 75.7 Å². The largest absolute Gasteiger partial charge is 0.598 e. The summed E-state index contributed by atoms with van der Waals surface area (Å²) >= 11 is -1.28. The number of methoxy groups -OCH3 is 1. The van der Waals surface area contributed by atoms with Gasteiger partial charge in [-0.3, -0.25) is 4.98 Å². The lowest BCUT2D eigenvalue weighted by molar-refractivity contribution is -0.145. The number of pyridine rings is 1. The summed E-state index contributed by atoms with van der Waals surface area (Å²) in [5.41, 5.74) is 0.761. The first kappa shape index (κ1) is 19.6. The second-order valence-corrected chi connectivity index (χ2v) is 9.30. The second-order valence-electron chi connectivity index (χ2n) is 7.30. The summed E-state index contributed by atoms with van der Waals surface area (Å²) in [6.07, 6.45) is 1.02. The molecule has 0 amide bonds. The van der Waals surface area contributed by atoms with Crippen LogP contribution in [0.1, 0.15) is 46.4 Å². The zero-order valence-electron chi connectivity index (χ0n) is 15.2. The predicted molar refractivity (Wildman–Crippen MR) is 93.7 cm³/mol. The maximum atomic E-state index is 12.7. The molecular weight excluding hydrogens is 328 g/mol. The fourth-order valence-corrected chi connectivity index (χ4v) is 3.40. The Morgan fingerprint density at radius 2 is 2.12 bits per heavy atom. The van der Waals surface area contributed by atoms with Crippen molar-refractivity contribution >= 4 is 11.4 Å². The Balaban J connectivity index is 2.27. The van der Waals surface area contributed by atoms with E-state index in [1.54, 1.807) is 13.3 Å². The van der Waals surface area contributed by atoms with Gasteiger partial charge in [0.15, 0.2) is 5.79 Å². The number of nitrogens with zero attached hydrogens (tertiary/aromatic N) is 1. The monoisotopic (exact) mass is 356 g/mol. The summed E-state index contributed by atoms with van der Waals surface area (Å²) in [5.74, 6) is -0.670. The van der Waals surface area contributed by atoms with Crippen LogP contribution in [-0.4, -0.2) is 45.9 Å². The predicted octanol–water partition coefficient (Wildman–Crippen LogP) is 2.34. The van der Waals surface area contributed by atoms with Gasteiger partial charge in [-0.2, -0.15) is 0 Å². The van der Waals surface area contributed by atoms with Crippen molar-refractivity contribution < 1.29 is 18.8 Å². The molecule has 1 aliphatic heterocycles. The van der Waals surface area contributed by atoms with E-state index in [0.717, 1.165) is 5.69 Å². The van der Waals surface area contributed by atoms with Crippen LogP contribution in [0.5, 0.6) is 0 Å². The van der Waals surface area contributed by atoms with Crippen molar-refractivity contribution in [1.82, 2.24) is 9.71 Å². The lowest BCUT2D eigenvalue weighted by Gasteiger charge is -2.34. The summed E-state index contributed by atoms with van der Waals surface area (Å²) in [4.78, 5) is 4.39. The molecule has 0 bridgehead atoms. The van der Waals surface area contributed by atoms with Crippen molar-refractivity contribution in [3.63, 3.8) is 0 Å². The molecule has 136 valence electrons. The Morgan fingerprint density at radius 3 is 2.58 bits per heavy atom. The van der Waals surface area contributed by atoms with E-state index in [-0.39, 0.29) is 12.1 Å². The molecule has 0 radical (unpaired) electrons. The molecule has 1 N–H and O–H groups in total. The molecule has 6 nitrogen and oxygen atoms in total. The summed E-state index contributed by atoms with van der Waals surface area (Å²) in [6.45, 7) is 9.91. The highest BCUT2D eigenvalue weighted by molar-refractivity contribution is 7.90. The van der Waals surface area contributed by atoms with E-state index >= 15 is 0 Å². The Labute approximate surface area is 147 Å². The zero-order valence-corrected chi connectivity index (χ0v) is 16.1. The maximum Gasteiger partial charge on any atom is 0.163 e. The van der Waals surface area contributed by atoms with Gasteiger partial charge in [0, 0.05) is 24.7 Å². The molecule has 7 heteroatoms. The Bertz CT molecular complexity index is 521. The fraction of sp³-hybridized carbons (Fsp3) is 0.706. The highest BCUT2D eigenvalue weighted by Crippen LogP contribution is 2.31. The first-order valence-electron chi connectivity index (χ1n) is 8.07. The van der Waals surface area contributed by atoms with Crippen LogP contribution in [0.3, 0.4) is 0 Å². The van der Waals surface area contributed by atoms with Gasteiger partial charge in [-0.25, -0.2) is 0 Å². The van der Waals surface area contributed by atoms with E-state index in [1.165, 1.54) is 0 Å². The normalized spacial score (nSPS) is 24.5. The van der Waals surface area contributed by atoms with Crippen molar-refractivity contribution in [1.29, 1.82) is 0 Å². The van der Waals surface area contributed by atoms with Crippen LogP contribution in [0.15, 0.2) is 24.4 Å². The van der Waals surface area contributed by atoms with Gasteiger partial charge in [-0.15, -0.1) is 4.72 Å². The standard InChI is InChI=1S/C17H28N2O4S/c1-16(2,3)24(20)19-14(13-11-22-17(4,5)23-13)15(21-6)12-9-7-8-10-18-12/h7-10,13-15,19H,11H2,1-6H3/t13-,14+,15+,24-/m1/s1. The number of hydrogen-bond donors (Lipinski definition) is 1. The molecule has 24 heavy (non-hydrogen) atoms. The first-order valence-corrected chi connectivity index (χ1v) is 9.22. The van der Waals surface area contributed by atoms with Crippen molar-refractivity contribution in [2.24, 2.45) is 0 Å². The lowest BCUT2D eigenvalue weighted by Crippen LogP contribution is -2.53. The summed E-state index contributed by atoms with van der Waals surface area (Å²) in [6, 6.07) is 5.29. The second kappa shape index (κ2) is 7.68. The number of rotatable bonds is 6. The highest BCUT2D eigenvalue weighted by Gasteiger charge is 2.45. The third-order valence-electron chi connectivity index (χ3n) is 3.79. The maximum absolute atomic E-state index is 12.7. The van der Waals surface area contributed by atoms with Crippen LogP contribution in [0.25, 0.3) is 0 Å². The van der Waals surface area contributed by atoms with Crippen molar-refractivity contribution in [3.05, 3.63) is 30.1 Å². The van der Waals surface area contributed by atoms with Crippen molar-refractivity contribution in [3.8, 4) is 0 Å². The first-order chi connectivity index (χ1) is 11.1. The highest BCUT2D eigenvalue weighted by atomic mass is 32.2. The zero-order chi connectivity index (χ0) is 18.0. The summed E-state index contributed by atoms with van der Waals surface area (Å²) < 4.78 is 32.8. The van der Waals surface area contributed by atoms with Gasteiger partial charge >= 0.3 is 0 Å². The van der Waals surface area contributed by atoms with Crippen LogP contribution in [0, 0.1) is 0 Å². The van der Waals surface area contributed by atoms with Crippen LogP contribution in [0.2, 0.25) is 0 Å². The van der Waals surface area contributed by atoms with E-state index in [4.69, 9.17) is 14.2 Å². The number of hydrogen-bond acceptors (Lipinski definition) is 6. The van der Waals surface area contributed by atoms with Gasteiger partial charge in [0.05, 0.1) is 12.3 Å². The third-order valence-corrected chi connectivity index (χ3v) is 5.39. The van der Waals surface area contributed by atoms with E-state index in [9.17, 15) is 4.55 Å². The average Bonchev–Trinajstić information content (AvgIpc) is 2.87. The molecule has 4 atom stereocenters. The van der Waals surface area contributed by atoms with E-state index in [0.29, 0.717) is 6.61 Å². The molecule has 1 saturated heterocycles. The van der Waals surface area contributed by atoms with Gasteiger partial charge < -0.3 is 18.8 Å². The van der Waals surface area contributed by atoms with Crippen LogP contribution in [0.4, 0.5) is 0 Å². The minimum absolute atomic E-state index is 0.293. The van der Waals surface area contributed by atoms with Gasteiger partial charge in [0.1, 0.15) is 23.0 Å². The molecule has 1 aliphatic rings. The van der Waals surface area contributed by atoms with Crippen LogP contribution < -0.4 is 4.72 Å². The van der Waals surface area contributed by atoms with Gasteiger partial charge in [-0.1, -0.05) is 6.07 Å². The SMILES string of the molecule is CO[C@@H](c1ccccn1)[C@@H](N[S@+]([O-])C(C)(C)C)[C@H]1COC(C)(C)O1. The van der Waals surface area contributed by atoms with Crippen molar-refractivity contribution in [2.75, 3.05) is 13.7 Å². The molecule has 0 spiro atoms. The smallest absolute Gasteiger partial charge is 0.163 e. The third kappa shape index (κ3) is 4.91. The molecule has 0 unspecified atom stereocenters. The van der Waals surface area contributed by atoms with E-state index in [1.807, 2.05) is 52.8 Å². The molecule has 1 aromatic heterocycles. The van der Waals surface area contributed by atoms with Crippen LogP contribution >= 0.6 is 0 Å². The molecule has 2 heterocycles. The quantitative estimate of drug-likeness (QED) is 0.789. The minimum Gasteiger partial charge on any atom is -0.598 e. The molecule has 1 fully saturated rings. The Morgan fingerprint density at radius 1 is 1.42 bits per heavy atom. The molecular formula is C17H28N2O4S. The molecule has 1 aromatic rings. The minimum atomic E-state index is -1.28.